The maximum absolute atomic E-state index is 12.7. The number of nitrogens with zero attached hydrogens (tertiary/aromatic N) is 4. The number of H-pyrrole nitrogens is 1. The van der Waals surface area contributed by atoms with E-state index in [9.17, 15) is 10.1 Å². The van der Waals surface area contributed by atoms with Gasteiger partial charge in [-0.05, 0) is 17.7 Å². The number of benzene rings is 2. The minimum absolute atomic E-state index is 0.0341. The molecular formula is C26H18N6O2S. The van der Waals surface area contributed by atoms with Gasteiger partial charge in [0.05, 0.1) is 5.75 Å². The minimum atomic E-state index is -0.344. The van der Waals surface area contributed by atoms with E-state index in [0.29, 0.717) is 28.0 Å². The van der Waals surface area contributed by atoms with Gasteiger partial charge in [0.1, 0.15) is 23.1 Å². The third kappa shape index (κ3) is 4.83. The van der Waals surface area contributed by atoms with Crippen LogP contribution in [0.3, 0.4) is 0 Å². The van der Waals surface area contributed by atoms with E-state index < -0.39 is 0 Å². The SMILES string of the molecule is N#Cc1c(NC(=O)CSc2n[nH]c(-c3ccccn3)n2)oc(-c2ccccc2)c1-c1ccccc1. The summed E-state index contributed by atoms with van der Waals surface area (Å²) in [5.41, 5.74) is 3.19. The average Bonchev–Trinajstić information content (AvgIpc) is 3.54. The molecule has 2 aromatic carbocycles. The van der Waals surface area contributed by atoms with E-state index in [-0.39, 0.29) is 23.1 Å². The molecule has 0 spiro atoms. The van der Waals surface area contributed by atoms with Crippen LogP contribution in [0.4, 0.5) is 5.88 Å². The number of carbonyl (C=O) groups excluding carboxylic acids is 1. The van der Waals surface area contributed by atoms with Gasteiger partial charge in [0.15, 0.2) is 5.82 Å². The van der Waals surface area contributed by atoms with E-state index in [1.54, 1.807) is 6.20 Å². The van der Waals surface area contributed by atoms with E-state index in [4.69, 9.17) is 4.42 Å². The highest BCUT2D eigenvalue weighted by Gasteiger charge is 2.24. The number of thioether (sulfide) groups is 1. The lowest BCUT2D eigenvalue weighted by molar-refractivity contribution is -0.113. The molecule has 3 heterocycles. The molecule has 0 radical (unpaired) electrons. The van der Waals surface area contributed by atoms with Gasteiger partial charge in [-0.2, -0.15) is 10.2 Å². The Labute approximate surface area is 205 Å². The largest absolute Gasteiger partial charge is 0.438 e. The molecule has 0 aliphatic carbocycles. The molecule has 3 aromatic heterocycles. The van der Waals surface area contributed by atoms with E-state index in [1.165, 1.54) is 0 Å². The Morgan fingerprint density at radius 1 is 1.00 bits per heavy atom. The lowest BCUT2D eigenvalue weighted by Gasteiger charge is -2.03. The second-order valence-corrected chi connectivity index (χ2v) is 8.32. The summed E-state index contributed by atoms with van der Waals surface area (Å²) < 4.78 is 6.05. The monoisotopic (exact) mass is 478 g/mol. The molecule has 35 heavy (non-hydrogen) atoms. The molecule has 5 aromatic rings. The number of nitrogens with one attached hydrogen (secondary N) is 2. The van der Waals surface area contributed by atoms with Crippen LogP contribution in [0.25, 0.3) is 34.0 Å². The van der Waals surface area contributed by atoms with Gasteiger partial charge in [-0.15, -0.1) is 5.10 Å². The zero-order valence-corrected chi connectivity index (χ0v) is 19.1. The standard InChI is InChI=1S/C26H18N6O2S/c27-15-19-22(17-9-3-1-4-10-17)23(18-11-5-2-6-12-18)34-25(19)29-21(33)16-35-26-30-24(31-32-26)20-13-7-8-14-28-20/h1-14H,16H2,(H,29,33)(H,30,31,32). The number of aromatic nitrogens is 4. The van der Waals surface area contributed by atoms with Gasteiger partial charge in [-0.1, -0.05) is 78.5 Å². The fourth-order valence-electron chi connectivity index (χ4n) is 3.52. The summed E-state index contributed by atoms with van der Waals surface area (Å²) in [5.74, 6) is 0.840. The molecule has 9 heteroatoms. The molecule has 8 nitrogen and oxygen atoms in total. The average molecular weight is 479 g/mol. The number of hydrogen-bond acceptors (Lipinski definition) is 7. The molecule has 0 atom stereocenters. The van der Waals surface area contributed by atoms with Crippen LogP contribution in [-0.4, -0.2) is 31.8 Å². The van der Waals surface area contributed by atoms with E-state index >= 15 is 0 Å². The molecule has 0 fully saturated rings. The number of rotatable bonds is 7. The number of aromatic amines is 1. The van der Waals surface area contributed by atoms with Gasteiger partial charge in [0.2, 0.25) is 16.9 Å². The van der Waals surface area contributed by atoms with Crippen LogP contribution >= 0.6 is 11.8 Å². The minimum Gasteiger partial charge on any atom is -0.438 e. The maximum Gasteiger partial charge on any atom is 0.237 e. The molecule has 0 saturated heterocycles. The third-order valence-corrected chi connectivity index (χ3v) is 5.92. The molecule has 1 amide bonds. The molecular weight excluding hydrogens is 460 g/mol. The molecule has 5 rings (SSSR count). The fraction of sp³-hybridized carbons (Fsp3) is 0.0385. The Balaban J connectivity index is 1.37. The number of nitriles is 1. The summed E-state index contributed by atoms with van der Waals surface area (Å²) in [6, 6.07) is 26.7. The predicted molar refractivity (Wildman–Crippen MR) is 133 cm³/mol. The van der Waals surface area contributed by atoms with Crippen molar-refractivity contribution in [2.24, 2.45) is 0 Å². The zero-order valence-electron chi connectivity index (χ0n) is 18.3. The van der Waals surface area contributed by atoms with E-state index in [0.717, 1.165) is 22.9 Å². The number of carbonyl (C=O) groups is 1. The molecule has 0 aliphatic heterocycles. The Kier molecular flexibility index (Phi) is 6.37. The number of hydrogen-bond donors (Lipinski definition) is 2. The van der Waals surface area contributed by atoms with Crippen LogP contribution in [0.5, 0.6) is 0 Å². The molecule has 0 aliphatic rings. The molecule has 0 saturated carbocycles. The normalized spacial score (nSPS) is 10.6. The van der Waals surface area contributed by atoms with Crippen molar-refractivity contribution in [2.45, 2.75) is 5.16 Å². The smallest absolute Gasteiger partial charge is 0.237 e. The lowest BCUT2D eigenvalue weighted by atomic mass is 9.98. The summed E-state index contributed by atoms with van der Waals surface area (Å²) in [5, 5.41) is 20.1. The van der Waals surface area contributed by atoms with Crippen LogP contribution in [0.1, 0.15) is 5.56 Å². The predicted octanol–water partition coefficient (Wildman–Crippen LogP) is 5.40. The molecule has 2 N–H and O–H groups in total. The highest BCUT2D eigenvalue weighted by Crippen LogP contribution is 2.41. The van der Waals surface area contributed by atoms with Gasteiger partial charge < -0.3 is 4.42 Å². The highest BCUT2D eigenvalue weighted by atomic mass is 32.2. The van der Waals surface area contributed by atoms with E-state index in [2.05, 4.69) is 31.6 Å². The summed E-state index contributed by atoms with van der Waals surface area (Å²) in [4.78, 5) is 21.3. The first-order chi connectivity index (χ1) is 17.2. The summed E-state index contributed by atoms with van der Waals surface area (Å²) >= 11 is 1.16. The summed E-state index contributed by atoms with van der Waals surface area (Å²) in [6.45, 7) is 0. The van der Waals surface area contributed by atoms with Gasteiger partial charge in [0.25, 0.3) is 0 Å². The van der Waals surface area contributed by atoms with Crippen LogP contribution in [-0.2, 0) is 4.79 Å². The molecule has 0 unspecified atom stereocenters. The second-order valence-electron chi connectivity index (χ2n) is 7.37. The first-order valence-corrected chi connectivity index (χ1v) is 11.7. The Bertz CT molecular complexity index is 1490. The van der Waals surface area contributed by atoms with Gasteiger partial charge in [0, 0.05) is 17.3 Å². The number of amides is 1. The first kappa shape index (κ1) is 22.1. The van der Waals surface area contributed by atoms with Crippen LogP contribution in [0, 0.1) is 11.3 Å². The zero-order chi connectivity index (χ0) is 24.0. The Morgan fingerprint density at radius 2 is 1.71 bits per heavy atom. The van der Waals surface area contributed by atoms with Crippen LogP contribution < -0.4 is 5.32 Å². The van der Waals surface area contributed by atoms with Crippen LogP contribution in [0.15, 0.2) is 94.6 Å². The number of furan rings is 1. The van der Waals surface area contributed by atoms with Gasteiger partial charge in [-0.25, -0.2) is 0 Å². The lowest BCUT2D eigenvalue weighted by Crippen LogP contribution is -2.14. The number of pyridine rings is 1. The highest BCUT2D eigenvalue weighted by molar-refractivity contribution is 7.99. The number of anilines is 1. The van der Waals surface area contributed by atoms with Crippen LogP contribution in [0.2, 0.25) is 0 Å². The maximum atomic E-state index is 12.7. The van der Waals surface area contributed by atoms with Crippen molar-refractivity contribution in [2.75, 3.05) is 11.1 Å². The topological polar surface area (TPSA) is 120 Å². The van der Waals surface area contributed by atoms with Gasteiger partial charge >= 0.3 is 0 Å². The summed E-state index contributed by atoms with van der Waals surface area (Å²) in [7, 11) is 0. The molecule has 170 valence electrons. The summed E-state index contributed by atoms with van der Waals surface area (Å²) in [6.07, 6.45) is 1.67. The fourth-order valence-corrected chi connectivity index (χ4v) is 4.12. The van der Waals surface area contributed by atoms with Crippen molar-refractivity contribution in [3.63, 3.8) is 0 Å². The first-order valence-electron chi connectivity index (χ1n) is 10.7. The van der Waals surface area contributed by atoms with Crippen molar-refractivity contribution in [3.8, 4) is 40.0 Å². The van der Waals surface area contributed by atoms with Crippen molar-refractivity contribution in [1.29, 1.82) is 5.26 Å². The molecule has 0 bridgehead atoms. The van der Waals surface area contributed by atoms with E-state index in [1.807, 2.05) is 78.9 Å². The van der Waals surface area contributed by atoms with Crippen molar-refractivity contribution >= 4 is 23.6 Å². The Hall–Kier alpha value is -4.68. The Morgan fingerprint density at radius 3 is 2.40 bits per heavy atom. The third-order valence-electron chi connectivity index (χ3n) is 5.08. The van der Waals surface area contributed by atoms with Crippen molar-refractivity contribution in [3.05, 3.63) is 90.6 Å². The van der Waals surface area contributed by atoms with Gasteiger partial charge in [-0.3, -0.25) is 20.2 Å². The van der Waals surface area contributed by atoms with Crippen molar-refractivity contribution < 1.29 is 9.21 Å². The van der Waals surface area contributed by atoms with Crippen molar-refractivity contribution in [1.82, 2.24) is 20.2 Å². The quantitative estimate of drug-likeness (QED) is 0.301. The second kappa shape index (κ2) is 10.1.